The van der Waals surface area contributed by atoms with Crippen LogP contribution in [0.25, 0.3) is 10.2 Å². The number of anilines is 2. The summed E-state index contributed by atoms with van der Waals surface area (Å²) in [5.41, 5.74) is 1.36. The van der Waals surface area contributed by atoms with E-state index in [0.717, 1.165) is 17.5 Å². The fraction of sp³-hybridized carbons (Fsp3) is 0.259. The molecule has 1 N–H and O–H groups in total. The van der Waals surface area contributed by atoms with Gasteiger partial charge in [-0.3, -0.25) is 14.4 Å². The highest BCUT2D eigenvalue weighted by atomic mass is 32.2. The fourth-order valence-electron chi connectivity index (χ4n) is 4.28. The quantitative estimate of drug-likeness (QED) is 0.313. The number of methoxy groups -OCH3 is 2. The van der Waals surface area contributed by atoms with Gasteiger partial charge in [0.25, 0.3) is 15.9 Å². The lowest BCUT2D eigenvalue weighted by molar-refractivity contribution is 0.0917. The molecule has 1 unspecified atom stereocenters. The Morgan fingerprint density at radius 3 is 2.42 bits per heavy atom. The maximum absolute atomic E-state index is 13.8. The molecule has 1 amide bonds. The summed E-state index contributed by atoms with van der Waals surface area (Å²) in [4.78, 5) is 20.3. The molecular weight excluding hydrogens is 526 g/mol. The Morgan fingerprint density at radius 2 is 1.76 bits per heavy atom. The molecule has 198 valence electrons. The van der Waals surface area contributed by atoms with Crippen molar-refractivity contribution in [1.29, 1.82) is 0 Å². The number of carbonyl (C=O) groups is 1. The Morgan fingerprint density at radius 1 is 1.05 bits per heavy atom. The van der Waals surface area contributed by atoms with Gasteiger partial charge in [0.2, 0.25) is 0 Å². The Hall–Kier alpha value is -3.67. The van der Waals surface area contributed by atoms with Crippen LogP contribution in [0, 0.1) is 0 Å². The van der Waals surface area contributed by atoms with Crippen LogP contribution in [0.4, 0.5) is 10.8 Å². The number of fused-ring (bicyclic) bond motifs is 1. The van der Waals surface area contributed by atoms with Crippen molar-refractivity contribution >= 4 is 48.3 Å². The van der Waals surface area contributed by atoms with Crippen molar-refractivity contribution in [3.8, 4) is 11.5 Å². The van der Waals surface area contributed by atoms with Gasteiger partial charge in [-0.05, 0) is 61.4 Å². The second-order valence-corrected chi connectivity index (χ2v) is 11.4. The molecule has 1 aliphatic rings. The van der Waals surface area contributed by atoms with Crippen LogP contribution in [-0.2, 0) is 14.8 Å². The van der Waals surface area contributed by atoms with Crippen LogP contribution < -0.4 is 19.1 Å². The maximum atomic E-state index is 13.8. The molecule has 38 heavy (non-hydrogen) atoms. The molecule has 3 aromatic carbocycles. The molecule has 0 bridgehead atoms. The lowest BCUT2D eigenvalue weighted by Crippen LogP contribution is -2.37. The van der Waals surface area contributed by atoms with Gasteiger partial charge >= 0.3 is 0 Å². The van der Waals surface area contributed by atoms with Crippen molar-refractivity contribution in [3.63, 3.8) is 0 Å². The summed E-state index contributed by atoms with van der Waals surface area (Å²) in [6.07, 6.45) is 1.68. The molecule has 0 radical (unpaired) electrons. The molecule has 1 aliphatic heterocycles. The van der Waals surface area contributed by atoms with Crippen LogP contribution in [-0.4, -0.2) is 52.8 Å². The molecule has 9 nitrogen and oxygen atoms in total. The van der Waals surface area contributed by atoms with Gasteiger partial charge in [0, 0.05) is 17.9 Å². The number of hydrogen-bond acceptors (Lipinski definition) is 8. The van der Waals surface area contributed by atoms with E-state index in [0.29, 0.717) is 46.5 Å². The Balaban J connectivity index is 1.45. The van der Waals surface area contributed by atoms with Gasteiger partial charge in [-0.15, -0.1) is 0 Å². The van der Waals surface area contributed by atoms with Gasteiger partial charge in [0.05, 0.1) is 31.8 Å². The van der Waals surface area contributed by atoms with Crippen LogP contribution in [0.2, 0.25) is 0 Å². The largest absolute Gasteiger partial charge is 0.495 e. The number of nitrogens with zero attached hydrogens (tertiary/aromatic N) is 2. The number of sulfonamides is 1. The number of rotatable bonds is 9. The van der Waals surface area contributed by atoms with Gasteiger partial charge in [0.1, 0.15) is 21.7 Å². The second kappa shape index (κ2) is 11.0. The molecule has 1 aromatic heterocycles. The van der Waals surface area contributed by atoms with E-state index in [1.54, 1.807) is 67.7 Å². The molecule has 0 aliphatic carbocycles. The smallest absolute Gasteiger partial charge is 0.261 e. The number of amides is 1. The highest BCUT2D eigenvalue weighted by Crippen LogP contribution is 2.40. The van der Waals surface area contributed by atoms with E-state index < -0.39 is 10.0 Å². The van der Waals surface area contributed by atoms with Crippen molar-refractivity contribution in [3.05, 3.63) is 72.3 Å². The minimum atomic E-state index is -3.74. The second-order valence-electron chi connectivity index (χ2n) is 8.69. The standard InChI is InChI=1S/C27H27N3O6S2/c1-34-22-14-15-23(35-2)25-24(22)28-27(37-25)30(17-20-7-6-16-36-20)26(31)18-10-12-19(13-11-18)29-38(32,33)21-8-4-3-5-9-21/h3-5,8-15,20,29H,6-7,16-17H2,1-2H3. The average Bonchev–Trinajstić information content (AvgIpc) is 3.62. The molecule has 11 heteroatoms. The number of thiazole rings is 1. The van der Waals surface area contributed by atoms with Crippen LogP contribution in [0.3, 0.4) is 0 Å². The Bertz CT molecular complexity index is 1490. The number of aromatic nitrogens is 1. The number of benzene rings is 3. The third-order valence-electron chi connectivity index (χ3n) is 6.22. The first kappa shape index (κ1) is 26.0. The Labute approximate surface area is 225 Å². The zero-order valence-corrected chi connectivity index (χ0v) is 22.6. The van der Waals surface area contributed by atoms with E-state index in [4.69, 9.17) is 19.2 Å². The molecule has 2 heterocycles. The molecular formula is C27H27N3O6S2. The summed E-state index contributed by atoms with van der Waals surface area (Å²) in [7, 11) is -0.584. The van der Waals surface area contributed by atoms with Crippen LogP contribution in [0.5, 0.6) is 11.5 Å². The number of hydrogen-bond donors (Lipinski definition) is 1. The average molecular weight is 554 g/mol. The van der Waals surface area contributed by atoms with Crippen molar-refractivity contribution in [1.82, 2.24) is 4.98 Å². The van der Waals surface area contributed by atoms with Crippen molar-refractivity contribution < 1.29 is 27.4 Å². The van der Waals surface area contributed by atoms with Gasteiger partial charge in [-0.25, -0.2) is 13.4 Å². The number of carbonyl (C=O) groups excluding carboxylic acids is 1. The van der Waals surface area contributed by atoms with Gasteiger partial charge in [-0.1, -0.05) is 29.5 Å². The predicted octanol–water partition coefficient (Wildman–Crippen LogP) is 4.94. The van der Waals surface area contributed by atoms with Gasteiger partial charge < -0.3 is 14.2 Å². The van der Waals surface area contributed by atoms with Gasteiger partial charge in [-0.2, -0.15) is 0 Å². The Kier molecular flexibility index (Phi) is 7.50. The SMILES string of the molecule is COc1ccc(OC)c2sc(N(CC3CCCO3)C(=O)c3ccc(NS(=O)(=O)c4ccccc4)cc3)nc12. The predicted molar refractivity (Wildman–Crippen MR) is 147 cm³/mol. The number of ether oxygens (including phenoxy) is 3. The van der Waals surface area contributed by atoms with Gasteiger partial charge in [0.15, 0.2) is 5.13 Å². The summed E-state index contributed by atoms with van der Waals surface area (Å²) < 4.78 is 45.5. The van der Waals surface area contributed by atoms with E-state index in [9.17, 15) is 13.2 Å². The van der Waals surface area contributed by atoms with E-state index >= 15 is 0 Å². The first-order chi connectivity index (χ1) is 18.4. The molecule has 0 spiro atoms. The lowest BCUT2D eigenvalue weighted by Gasteiger charge is -2.23. The highest BCUT2D eigenvalue weighted by Gasteiger charge is 2.28. The monoisotopic (exact) mass is 553 g/mol. The third-order valence-corrected chi connectivity index (χ3v) is 8.71. The van der Waals surface area contributed by atoms with Crippen LogP contribution >= 0.6 is 11.3 Å². The molecule has 4 aromatic rings. The molecule has 5 rings (SSSR count). The molecule has 1 saturated heterocycles. The third kappa shape index (κ3) is 5.31. The maximum Gasteiger partial charge on any atom is 0.261 e. The molecule has 1 fully saturated rings. The first-order valence-corrected chi connectivity index (χ1v) is 14.3. The first-order valence-electron chi connectivity index (χ1n) is 12.0. The lowest BCUT2D eigenvalue weighted by atomic mass is 10.1. The number of nitrogens with one attached hydrogen (secondary N) is 1. The zero-order chi connectivity index (χ0) is 26.7. The normalized spacial score (nSPS) is 15.4. The minimum Gasteiger partial charge on any atom is -0.495 e. The minimum absolute atomic E-state index is 0.105. The van der Waals surface area contributed by atoms with Crippen LogP contribution in [0.1, 0.15) is 23.2 Å². The topological polar surface area (TPSA) is 107 Å². The van der Waals surface area contributed by atoms with Crippen molar-refractivity contribution in [2.45, 2.75) is 23.8 Å². The summed E-state index contributed by atoms with van der Waals surface area (Å²) in [6, 6.07) is 18.0. The van der Waals surface area contributed by atoms with E-state index in [1.165, 1.54) is 23.5 Å². The van der Waals surface area contributed by atoms with E-state index in [-0.39, 0.29) is 16.9 Å². The summed E-state index contributed by atoms with van der Waals surface area (Å²) in [5.74, 6) is 0.960. The van der Waals surface area contributed by atoms with Crippen molar-refractivity contribution in [2.24, 2.45) is 0 Å². The summed E-state index contributed by atoms with van der Waals surface area (Å²) in [6.45, 7) is 0.996. The van der Waals surface area contributed by atoms with E-state index in [2.05, 4.69) is 4.72 Å². The van der Waals surface area contributed by atoms with Crippen molar-refractivity contribution in [2.75, 3.05) is 37.0 Å². The summed E-state index contributed by atoms with van der Waals surface area (Å²) >= 11 is 1.34. The van der Waals surface area contributed by atoms with Crippen LogP contribution in [0.15, 0.2) is 71.6 Å². The van der Waals surface area contributed by atoms with E-state index in [1.807, 2.05) is 6.07 Å². The zero-order valence-electron chi connectivity index (χ0n) is 20.9. The fourth-order valence-corrected chi connectivity index (χ4v) is 6.44. The summed E-state index contributed by atoms with van der Waals surface area (Å²) in [5, 5.41) is 0.497. The highest BCUT2D eigenvalue weighted by molar-refractivity contribution is 7.92. The molecule has 0 saturated carbocycles. The molecule has 1 atom stereocenters.